The summed E-state index contributed by atoms with van der Waals surface area (Å²) in [6.45, 7) is 4.69. The lowest BCUT2D eigenvalue weighted by atomic mass is 10.2. The van der Waals surface area contributed by atoms with Crippen LogP contribution in [0.4, 0.5) is 0 Å². The third-order valence-corrected chi connectivity index (χ3v) is 4.66. The van der Waals surface area contributed by atoms with E-state index in [1.165, 1.54) is 0 Å². The Morgan fingerprint density at radius 3 is 2.82 bits per heavy atom. The van der Waals surface area contributed by atoms with Gasteiger partial charge in [0.05, 0.1) is 11.4 Å². The molecule has 1 rings (SSSR count). The van der Waals surface area contributed by atoms with Gasteiger partial charge in [-0.25, -0.2) is 4.79 Å². The molecule has 2 unspecified atom stereocenters. The second-order valence-corrected chi connectivity index (χ2v) is 6.01. The number of carbonyl (C=O) groups is 2. The fourth-order valence-electron chi connectivity index (χ4n) is 1.66. The number of carbonyl (C=O) groups excluding carboxylic acids is 2. The number of amides is 1. The van der Waals surface area contributed by atoms with Gasteiger partial charge in [-0.1, -0.05) is 22.9 Å². The number of thioether (sulfide) groups is 1. The van der Waals surface area contributed by atoms with Crippen molar-refractivity contribution in [3.05, 3.63) is 0 Å². The molecular formula is C11H18BrNO3S. The van der Waals surface area contributed by atoms with Crippen LogP contribution in [0.1, 0.15) is 20.3 Å². The summed E-state index contributed by atoms with van der Waals surface area (Å²) in [4.78, 5) is 25.3. The van der Waals surface area contributed by atoms with Crippen molar-refractivity contribution in [2.45, 2.75) is 31.1 Å². The maximum atomic E-state index is 12.1. The van der Waals surface area contributed by atoms with Crippen molar-refractivity contribution in [1.82, 2.24) is 4.90 Å². The molecule has 1 saturated heterocycles. The summed E-state index contributed by atoms with van der Waals surface area (Å²) >= 11 is 5.03. The molecule has 1 aliphatic rings. The average molecular weight is 324 g/mol. The van der Waals surface area contributed by atoms with E-state index in [1.807, 2.05) is 6.92 Å². The lowest BCUT2D eigenvalue weighted by Gasteiger charge is -2.34. The number of halogens is 1. The van der Waals surface area contributed by atoms with E-state index in [9.17, 15) is 9.59 Å². The van der Waals surface area contributed by atoms with Crippen molar-refractivity contribution in [2.75, 3.05) is 24.7 Å². The number of hydrogen-bond donors (Lipinski definition) is 0. The van der Waals surface area contributed by atoms with Crippen LogP contribution in [-0.4, -0.2) is 52.3 Å². The molecule has 0 aliphatic carbocycles. The van der Waals surface area contributed by atoms with Crippen molar-refractivity contribution < 1.29 is 14.3 Å². The fourth-order valence-corrected chi connectivity index (χ4v) is 2.95. The fraction of sp³-hybridized carbons (Fsp3) is 0.818. The van der Waals surface area contributed by atoms with Gasteiger partial charge < -0.3 is 9.64 Å². The summed E-state index contributed by atoms with van der Waals surface area (Å²) in [6.07, 6.45) is 0.720. The standard InChI is InChI=1S/C11H18BrNO3S/c1-3-8(12)10(14)13-5-6-17-7-9(13)11(15)16-4-2/h8-9H,3-7H2,1-2H3. The molecule has 17 heavy (non-hydrogen) atoms. The van der Waals surface area contributed by atoms with Gasteiger partial charge in [0.1, 0.15) is 6.04 Å². The van der Waals surface area contributed by atoms with Gasteiger partial charge in [0.25, 0.3) is 0 Å². The van der Waals surface area contributed by atoms with Crippen molar-refractivity contribution in [1.29, 1.82) is 0 Å². The molecule has 4 nitrogen and oxygen atoms in total. The molecule has 1 aliphatic heterocycles. The Labute approximate surface area is 115 Å². The van der Waals surface area contributed by atoms with Gasteiger partial charge in [-0.3, -0.25) is 4.79 Å². The molecule has 1 fully saturated rings. The van der Waals surface area contributed by atoms with E-state index >= 15 is 0 Å². The topological polar surface area (TPSA) is 46.6 Å². The quantitative estimate of drug-likeness (QED) is 0.583. The minimum atomic E-state index is -0.423. The highest BCUT2D eigenvalue weighted by atomic mass is 79.9. The molecule has 98 valence electrons. The third kappa shape index (κ3) is 3.88. The first-order valence-corrected chi connectivity index (χ1v) is 7.87. The Bertz CT molecular complexity index is 288. The second kappa shape index (κ2) is 7.26. The highest BCUT2D eigenvalue weighted by Gasteiger charge is 2.35. The van der Waals surface area contributed by atoms with Crippen LogP contribution in [0.25, 0.3) is 0 Å². The largest absolute Gasteiger partial charge is 0.464 e. The molecule has 0 aromatic carbocycles. The lowest BCUT2D eigenvalue weighted by molar-refractivity contribution is -0.153. The summed E-state index contributed by atoms with van der Waals surface area (Å²) in [6, 6.07) is -0.423. The van der Waals surface area contributed by atoms with E-state index < -0.39 is 6.04 Å². The zero-order valence-corrected chi connectivity index (χ0v) is 12.6. The van der Waals surface area contributed by atoms with Crippen molar-refractivity contribution in [2.24, 2.45) is 0 Å². The Balaban J connectivity index is 2.71. The summed E-state index contributed by atoms with van der Waals surface area (Å²) in [5, 5.41) is 0. The molecule has 6 heteroatoms. The average Bonchev–Trinajstić information content (AvgIpc) is 2.37. The first-order valence-electron chi connectivity index (χ1n) is 5.80. The van der Waals surface area contributed by atoms with Gasteiger partial charge in [-0.15, -0.1) is 0 Å². The number of ether oxygens (including phenoxy) is 1. The zero-order chi connectivity index (χ0) is 12.8. The maximum absolute atomic E-state index is 12.1. The molecule has 0 radical (unpaired) electrons. The molecule has 0 aromatic heterocycles. The van der Waals surface area contributed by atoms with Crippen LogP contribution in [0.2, 0.25) is 0 Å². The summed E-state index contributed by atoms with van der Waals surface area (Å²) < 4.78 is 5.01. The Hall–Kier alpha value is -0.230. The first kappa shape index (κ1) is 14.8. The predicted molar refractivity (Wildman–Crippen MR) is 72.5 cm³/mol. The maximum Gasteiger partial charge on any atom is 0.329 e. The van der Waals surface area contributed by atoms with Crippen LogP contribution in [0, 0.1) is 0 Å². The van der Waals surface area contributed by atoms with Gasteiger partial charge in [-0.05, 0) is 13.3 Å². The van der Waals surface area contributed by atoms with Gasteiger partial charge in [0.15, 0.2) is 0 Å². The molecule has 1 amide bonds. The number of hydrogen-bond acceptors (Lipinski definition) is 4. The first-order chi connectivity index (χ1) is 8.11. The van der Waals surface area contributed by atoms with Gasteiger partial charge in [-0.2, -0.15) is 11.8 Å². The Morgan fingerprint density at radius 1 is 1.53 bits per heavy atom. The van der Waals surface area contributed by atoms with Crippen molar-refractivity contribution in [3.8, 4) is 0 Å². The molecule has 0 saturated carbocycles. The molecule has 1 heterocycles. The van der Waals surface area contributed by atoms with E-state index in [-0.39, 0.29) is 16.7 Å². The summed E-state index contributed by atoms with van der Waals surface area (Å²) in [5.41, 5.74) is 0. The molecule has 0 aromatic rings. The minimum Gasteiger partial charge on any atom is -0.464 e. The normalized spacial score (nSPS) is 22.1. The van der Waals surface area contributed by atoms with E-state index in [4.69, 9.17) is 4.74 Å². The zero-order valence-electron chi connectivity index (χ0n) is 10.1. The highest BCUT2D eigenvalue weighted by Crippen LogP contribution is 2.21. The van der Waals surface area contributed by atoms with Crippen LogP contribution in [0.5, 0.6) is 0 Å². The number of rotatable bonds is 4. The second-order valence-electron chi connectivity index (χ2n) is 3.75. The van der Waals surface area contributed by atoms with E-state index in [2.05, 4.69) is 15.9 Å². The highest BCUT2D eigenvalue weighted by molar-refractivity contribution is 9.10. The molecule has 0 bridgehead atoms. The SMILES string of the molecule is CCOC(=O)C1CSCCN1C(=O)C(Br)CC. The van der Waals surface area contributed by atoms with Crippen LogP contribution in [0.3, 0.4) is 0 Å². The smallest absolute Gasteiger partial charge is 0.329 e. The number of alkyl halides is 1. The van der Waals surface area contributed by atoms with Crippen LogP contribution in [0.15, 0.2) is 0 Å². The molecular weight excluding hydrogens is 306 g/mol. The van der Waals surface area contributed by atoms with E-state index in [1.54, 1.807) is 23.6 Å². The van der Waals surface area contributed by atoms with E-state index in [0.29, 0.717) is 18.9 Å². The molecule has 0 spiro atoms. The number of nitrogens with zero attached hydrogens (tertiary/aromatic N) is 1. The Kier molecular flexibility index (Phi) is 6.33. The summed E-state index contributed by atoms with van der Waals surface area (Å²) in [7, 11) is 0. The van der Waals surface area contributed by atoms with Crippen molar-refractivity contribution in [3.63, 3.8) is 0 Å². The Morgan fingerprint density at radius 2 is 2.24 bits per heavy atom. The van der Waals surface area contributed by atoms with Crippen LogP contribution >= 0.6 is 27.7 Å². The predicted octanol–water partition coefficient (Wildman–Crippen LogP) is 1.67. The lowest BCUT2D eigenvalue weighted by Crippen LogP contribution is -2.53. The van der Waals surface area contributed by atoms with Crippen LogP contribution in [-0.2, 0) is 14.3 Å². The summed E-state index contributed by atoms with van der Waals surface area (Å²) in [5.74, 6) is 1.22. The third-order valence-electron chi connectivity index (χ3n) is 2.60. The molecule has 2 atom stereocenters. The van der Waals surface area contributed by atoms with Gasteiger partial charge in [0, 0.05) is 18.1 Å². The van der Waals surface area contributed by atoms with Gasteiger partial charge >= 0.3 is 5.97 Å². The molecule has 0 N–H and O–H groups in total. The minimum absolute atomic E-state index is 0.00847. The van der Waals surface area contributed by atoms with Gasteiger partial charge in [0.2, 0.25) is 5.91 Å². The van der Waals surface area contributed by atoms with E-state index in [0.717, 1.165) is 12.2 Å². The monoisotopic (exact) mass is 323 g/mol. The van der Waals surface area contributed by atoms with Crippen molar-refractivity contribution >= 4 is 39.6 Å². The number of esters is 1. The van der Waals surface area contributed by atoms with Crippen LogP contribution < -0.4 is 0 Å².